The van der Waals surface area contributed by atoms with Crippen LogP contribution in [0.15, 0.2) is 48.5 Å². The maximum Gasteiger partial charge on any atom is 0.194 e. The normalized spacial score (nSPS) is 12.8. The maximum absolute atomic E-state index is 12.5. The van der Waals surface area contributed by atoms with Gasteiger partial charge in [0.05, 0.1) is 13.2 Å². The summed E-state index contributed by atoms with van der Waals surface area (Å²) in [7, 11) is 1.53. The van der Waals surface area contributed by atoms with Crippen LogP contribution in [0.4, 0.5) is 0 Å². The molecule has 0 N–H and O–H groups in total. The molecule has 0 aliphatic heterocycles. The lowest BCUT2D eigenvalue weighted by molar-refractivity contribution is -0.125. The Morgan fingerprint density at radius 1 is 1.17 bits per heavy atom. The Labute approximate surface area is 140 Å². The van der Waals surface area contributed by atoms with Crippen LogP contribution in [0.1, 0.15) is 18.4 Å². The molecule has 0 aliphatic rings. The average molecular weight is 330 g/mol. The van der Waals surface area contributed by atoms with Crippen LogP contribution in [0.25, 0.3) is 0 Å². The third kappa shape index (κ3) is 4.24. The molecule has 5 heteroatoms. The van der Waals surface area contributed by atoms with Crippen molar-refractivity contribution in [2.24, 2.45) is 0 Å². The molecule has 0 spiro atoms. The highest BCUT2D eigenvalue weighted by Gasteiger charge is 2.27. The lowest BCUT2D eigenvalue weighted by atomic mass is 9.93. The minimum Gasteiger partial charge on any atom is -0.497 e. The monoisotopic (exact) mass is 329 g/mol. The number of halogens is 1. The summed E-state index contributed by atoms with van der Waals surface area (Å²) in [4.78, 5) is 12.5. The van der Waals surface area contributed by atoms with Gasteiger partial charge < -0.3 is 9.47 Å². The van der Waals surface area contributed by atoms with Gasteiger partial charge in [-0.3, -0.25) is 4.79 Å². The van der Waals surface area contributed by atoms with Gasteiger partial charge in [-0.15, -0.1) is 0 Å². The fourth-order valence-corrected chi connectivity index (χ4v) is 2.34. The van der Waals surface area contributed by atoms with Gasteiger partial charge in [-0.2, -0.15) is 5.26 Å². The summed E-state index contributed by atoms with van der Waals surface area (Å²) in [5, 5.41) is 9.90. The molecule has 2 atom stereocenters. The zero-order valence-electron chi connectivity index (χ0n) is 12.8. The van der Waals surface area contributed by atoms with E-state index >= 15 is 0 Å². The van der Waals surface area contributed by atoms with E-state index in [1.807, 2.05) is 6.07 Å². The number of methoxy groups -OCH3 is 1. The van der Waals surface area contributed by atoms with E-state index < -0.39 is 12.0 Å². The van der Waals surface area contributed by atoms with Crippen molar-refractivity contribution in [3.8, 4) is 17.6 Å². The zero-order chi connectivity index (χ0) is 16.8. The van der Waals surface area contributed by atoms with Crippen molar-refractivity contribution in [1.82, 2.24) is 0 Å². The topological polar surface area (TPSA) is 59.3 Å². The van der Waals surface area contributed by atoms with E-state index in [1.54, 1.807) is 55.5 Å². The second kappa shape index (κ2) is 7.66. The number of ketones is 1. The summed E-state index contributed by atoms with van der Waals surface area (Å²) in [5.74, 6) is -0.153. The largest absolute Gasteiger partial charge is 0.497 e. The van der Waals surface area contributed by atoms with Crippen molar-refractivity contribution in [3.05, 3.63) is 59.1 Å². The average Bonchev–Trinajstić information content (AvgIpc) is 2.55. The van der Waals surface area contributed by atoms with Crippen LogP contribution >= 0.6 is 11.6 Å². The molecule has 2 aromatic rings. The molecule has 118 valence electrons. The minimum atomic E-state index is -0.917. The first-order valence-corrected chi connectivity index (χ1v) is 7.42. The molecule has 0 saturated heterocycles. The van der Waals surface area contributed by atoms with Crippen molar-refractivity contribution in [3.63, 3.8) is 0 Å². The molecule has 0 amide bonds. The van der Waals surface area contributed by atoms with Crippen LogP contribution in [-0.4, -0.2) is 19.0 Å². The first kappa shape index (κ1) is 16.9. The predicted octanol–water partition coefficient (Wildman–Crippen LogP) is 3.99. The number of carbonyl (C=O) groups excluding carboxylic acids is 1. The van der Waals surface area contributed by atoms with Gasteiger partial charge >= 0.3 is 0 Å². The Balaban J connectivity index is 2.17. The van der Waals surface area contributed by atoms with Crippen LogP contribution in [0, 0.1) is 11.3 Å². The van der Waals surface area contributed by atoms with Gasteiger partial charge in [0.15, 0.2) is 11.9 Å². The van der Waals surface area contributed by atoms with E-state index in [0.717, 1.165) is 0 Å². The third-order valence-electron chi connectivity index (χ3n) is 3.35. The van der Waals surface area contributed by atoms with Crippen molar-refractivity contribution in [2.45, 2.75) is 18.9 Å². The molecule has 0 aliphatic carbocycles. The number of carbonyl (C=O) groups is 1. The first-order chi connectivity index (χ1) is 11.0. The van der Waals surface area contributed by atoms with Gasteiger partial charge in [0, 0.05) is 5.02 Å². The molecule has 0 radical (unpaired) electrons. The van der Waals surface area contributed by atoms with Crippen LogP contribution in [0.5, 0.6) is 11.5 Å². The molecule has 23 heavy (non-hydrogen) atoms. The molecule has 2 unspecified atom stereocenters. The molecular weight excluding hydrogens is 314 g/mol. The maximum atomic E-state index is 12.5. The Hall–Kier alpha value is -2.51. The fourth-order valence-electron chi connectivity index (χ4n) is 2.16. The summed E-state index contributed by atoms with van der Waals surface area (Å²) >= 11 is 5.90. The Morgan fingerprint density at radius 3 is 2.52 bits per heavy atom. The lowest BCUT2D eigenvalue weighted by Crippen LogP contribution is -2.28. The number of benzene rings is 2. The Morgan fingerprint density at radius 2 is 1.87 bits per heavy atom. The van der Waals surface area contributed by atoms with Crippen LogP contribution in [0.2, 0.25) is 5.02 Å². The summed E-state index contributed by atoms with van der Waals surface area (Å²) < 4.78 is 10.7. The Kier molecular flexibility index (Phi) is 5.61. The molecule has 0 bridgehead atoms. The quantitative estimate of drug-likeness (QED) is 0.804. The van der Waals surface area contributed by atoms with E-state index in [9.17, 15) is 10.1 Å². The zero-order valence-corrected chi connectivity index (χ0v) is 13.6. The second-order valence-electron chi connectivity index (χ2n) is 4.96. The third-order valence-corrected chi connectivity index (χ3v) is 3.59. The van der Waals surface area contributed by atoms with Gasteiger partial charge in [-0.25, -0.2) is 0 Å². The highest BCUT2D eigenvalue weighted by Crippen LogP contribution is 2.24. The number of nitrogens with zero attached hydrogens (tertiary/aromatic N) is 1. The Bertz CT molecular complexity index is 739. The smallest absolute Gasteiger partial charge is 0.194 e. The summed E-state index contributed by atoms with van der Waals surface area (Å²) in [5.41, 5.74) is 0.582. The van der Waals surface area contributed by atoms with Gasteiger partial charge in [0.1, 0.15) is 17.4 Å². The van der Waals surface area contributed by atoms with Crippen molar-refractivity contribution in [1.29, 1.82) is 5.26 Å². The number of rotatable bonds is 6. The molecular formula is C18H16ClNO3. The van der Waals surface area contributed by atoms with Gasteiger partial charge in [0.25, 0.3) is 0 Å². The first-order valence-electron chi connectivity index (χ1n) is 7.04. The molecule has 2 aromatic carbocycles. The number of nitriles is 1. The van der Waals surface area contributed by atoms with Crippen LogP contribution < -0.4 is 9.47 Å². The van der Waals surface area contributed by atoms with E-state index in [4.69, 9.17) is 21.1 Å². The molecule has 0 saturated carbocycles. The molecule has 0 heterocycles. The SMILES string of the molecule is COc1cccc(C(C#N)C(=O)C(C)Oc2cccc(Cl)c2)c1. The van der Waals surface area contributed by atoms with E-state index in [-0.39, 0.29) is 5.78 Å². The highest BCUT2D eigenvalue weighted by atomic mass is 35.5. The van der Waals surface area contributed by atoms with Crippen LogP contribution in [0.3, 0.4) is 0 Å². The second-order valence-corrected chi connectivity index (χ2v) is 5.39. The summed E-state index contributed by atoms with van der Waals surface area (Å²) in [6.07, 6.45) is -0.774. The van der Waals surface area contributed by atoms with Crippen LogP contribution in [-0.2, 0) is 4.79 Å². The number of Topliss-reactive ketones (excluding diaryl/α,β-unsaturated/α-hetero) is 1. The van der Waals surface area contributed by atoms with E-state index in [1.165, 1.54) is 7.11 Å². The van der Waals surface area contributed by atoms with Crippen molar-refractivity contribution < 1.29 is 14.3 Å². The number of hydrogen-bond acceptors (Lipinski definition) is 4. The highest BCUT2D eigenvalue weighted by molar-refractivity contribution is 6.30. The van der Waals surface area contributed by atoms with Gasteiger partial charge in [-0.05, 0) is 42.8 Å². The van der Waals surface area contributed by atoms with Crippen molar-refractivity contribution >= 4 is 17.4 Å². The standard InChI is InChI=1S/C18H16ClNO3/c1-12(23-16-8-4-6-14(19)10-16)18(21)17(11-20)13-5-3-7-15(9-13)22-2/h3-10,12,17H,1-2H3. The molecule has 4 nitrogen and oxygen atoms in total. The predicted molar refractivity (Wildman–Crippen MR) is 87.9 cm³/mol. The van der Waals surface area contributed by atoms with E-state index in [2.05, 4.69) is 0 Å². The summed E-state index contributed by atoms with van der Waals surface area (Å²) in [6, 6.07) is 15.7. The minimum absolute atomic E-state index is 0.319. The number of hydrogen-bond donors (Lipinski definition) is 0. The molecule has 0 aromatic heterocycles. The number of ether oxygens (including phenoxy) is 2. The summed E-state index contributed by atoms with van der Waals surface area (Å²) in [6.45, 7) is 1.62. The van der Waals surface area contributed by atoms with E-state index in [0.29, 0.717) is 22.1 Å². The molecule has 2 rings (SSSR count). The lowest BCUT2D eigenvalue weighted by Gasteiger charge is -2.17. The fraction of sp³-hybridized carbons (Fsp3) is 0.222. The van der Waals surface area contributed by atoms with Gasteiger partial charge in [-0.1, -0.05) is 29.8 Å². The molecule has 0 fully saturated rings. The van der Waals surface area contributed by atoms with Crippen molar-refractivity contribution in [2.75, 3.05) is 7.11 Å². The van der Waals surface area contributed by atoms with Gasteiger partial charge in [0.2, 0.25) is 0 Å².